The lowest BCUT2D eigenvalue weighted by molar-refractivity contribution is -0.320. The number of aliphatic hydroxyl groups excluding tert-OH is 2. The van der Waals surface area contributed by atoms with Crippen LogP contribution in [0.2, 0.25) is 0 Å². The van der Waals surface area contributed by atoms with Gasteiger partial charge in [0.2, 0.25) is 5.43 Å². The number of methoxy groups -OCH3 is 2. The van der Waals surface area contributed by atoms with Crippen LogP contribution < -0.4 is 15.5 Å². The zero-order valence-electron chi connectivity index (χ0n) is 47.6. The minimum absolute atomic E-state index is 0.00991. The quantitative estimate of drug-likeness (QED) is 0.0741. The number of carbonyl (C=O) groups excluding carboxylic acids is 3. The van der Waals surface area contributed by atoms with Crippen LogP contribution in [0.5, 0.6) is 5.75 Å². The first-order chi connectivity index (χ1) is 36.1. The van der Waals surface area contributed by atoms with Crippen LogP contribution in [-0.2, 0) is 58.8 Å². The van der Waals surface area contributed by atoms with E-state index < -0.39 is 119 Å². The number of Topliss-reactive ketones (excluding diaryl/α,β-unsaturated/α-hetero) is 1. The predicted molar refractivity (Wildman–Crippen MR) is 283 cm³/mol. The number of carbonyl (C=O) groups is 4. The molecule has 0 aliphatic carbocycles. The van der Waals surface area contributed by atoms with Gasteiger partial charge in [0, 0.05) is 70.8 Å². The molecule has 1 aromatic carbocycles. The lowest BCUT2D eigenvalue weighted by Gasteiger charge is -2.50. The molecule has 17 atom stereocenters. The Morgan fingerprint density at radius 1 is 0.922 bits per heavy atom. The van der Waals surface area contributed by atoms with Gasteiger partial charge in [-0.2, -0.15) is 0 Å². The number of aromatic carboxylic acids is 1. The minimum atomic E-state index is -2.08. The third-order valence-corrected chi connectivity index (χ3v) is 16.1. The molecule has 4 heterocycles. The van der Waals surface area contributed by atoms with Crippen LogP contribution in [0.4, 0.5) is 0 Å². The number of carboxylic acids is 1. The van der Waals surface area contributed by atoms with Crippen LogP contribution in [0.15, 0.2) is 41.3 Å². The van der Waals surface area contributed by atoms with Gasteiger partial charge in [0.15, 0.2) is 24.5 Å². The number of hydrogen-bond donors (Lipinski definition) is 5. The number of aliphatic hydroxyl groups is 3. The molecule has 0 amide bonds. The number of ketones is 1. The van der Waals surface area contributed by atoms with Crippen molar-refractivity contribution in [2.75, 3.05) is 48.0 Å². The molecule has 5 unspecified atom stereocenters. The topological polar surface area (TPSA) is 270 Å². The normalized spacial score (nSPS) is 35.8. The van der Waals surface area contributed by atoms with Gasteiger partial charge in [0.05, 0.1) is 59.4 Å². The Balaban J connectivity index is 1.38. The van der Waals surface area contributed by atoms with E-state index >= 15 is 0 Å². The molecule has 0 saturated carbocycles. The maximum atomic E-state index is 14.7. The first-order valence-electron chi connectivity index (χ1n) is 27.0. The summed E-state index contributed by atoms with van der Waals surface area (Å²) in [5.74, 6) is -5.89. The van der Waals surface area contributed by atoms with E-state index in [-0.39, 0.29) is 73.9 Å². The largest absolute Gasteiger partial charge is 0.492 e. The number of fused-ring (bicyclic) bond motifs is 1. The third-order valence-electron chi connectivity index (χ3n) is 16.1. The Bertz CT molecular complexity index is 2430. The Morgan fingerprint density at radius 3 is 2.19 bits per heavy atom. The molecule has 0 spiro atoms. The van der Waals surface area contributed by atoms with Gasteiger partial charge in [0.1, 0.15) is 41.3 Å². The number of aromatic nitrogens is 1. The fourth-order valence-electron chi connectivity index (χ4n) is 11.3. The Hall–Kier alpha value is -4.39. The summed E-state index contributed by atoms with van der Waals surface area (Å²) in [6, 6.07) is 4.57. The SMILES string of the molecule is C=C1CC(C)(OC)[C@@H](O[C@@H]2O[C@H](C)C[C@H](N(C)C)[C@@H]2O)C(CC)[C@@H](O[C@@H]2C[C@](C)(OC)C(OC(=O)CCNCCOc3ccc4c(c3)c(=O)c(C(=O)O)cn4CC)[C@H](C)O2)C(C)C(=O)O[C@@H](CC)C(C)(O)[C@H](O)[C@@H](C)C1=O. The second kappa shape index (κ2) is 26.7. The van der Waals surface area contributed by atoms with E-state index in [9.17, 15) is 44.4 Å². The van der Waals surface area contributed by atoms with Crippen LogP contribution in [0.25, 0.3) is 10.9 Å². The molecule has 5 N–H and O–H groups in total. The summed E-state index contributed by atoms with van der Waals surface area (Å²) in [5, 5.41) is 48.2. The number of hydrogen-bond acceptors (Lipinski definition) is 19. The van der Waals surface area contributed by atoms with Gasteiger partial charge in [-0.05, 0) is 106 Å². The Labute approximate surface area is 452 Å². The fourth-order valence-corrected chi connectivity index (χ4v) is 11.3. The van der Waals surface area contributed by atoms with Crippen molar-refractivity contribution >= 4 is 34.6 Å². The van der Waals surface area contributed by atoms with Crippen molar-refractivity contribution in [3.63, 3.8) is 0 Å². The van der Waals surface area contributed by atoms with Gasteiger partial charge in [-0.1, -0.05) is 27.4 Å². The molecule has 3 aliphatic rings. The van der Waals surface area contributed by atoms with Gasteiger partial charge in [-0.25, -0.2) is 4.79 Å². The molecule has 434 valence electrons. The van der Waals surface area contributed by atoms with Crippen LogP contribution in [0.1, 0.15) is 118 Å². The lowest BCUT2D eigenvalue weighted by Crippen LogP contribution is -2.62. The van der Waals surface area contributed by atoms with E-state index in [0.29, 0.717) is 30.8 Å². The summed E-state index contributed by atoms with van der Waals surface area (Å²) < 4.78 is 59.0. The number of aryl methyl sites for hydroxylation is 1. The second-order valence-corrected chi connectivity index (χ2v) is 21.9. The van der Waals surface area contributed by atoms with Crippen molar-refractivity contribution < 1.29 is 82.2 Å². The van der Waals surface area contributed by atoms with E-state index in [1.54, 1.807) is 51.3 Å². The summed E-state index contributed by atoms with van der Waals surface area (Å²) >= 11 is 0. The van der Waals surface area contributed by atoms with Gasteiger partial charge in [-0.3, -0.25) is 19.2 Å². The van der Waals surface area contributed by atoms with Crippen molar-refractivity contribution in [1.82, 2.24) is 14.8 Å². The number of ether oxygens (including phenoxy) is 9. The molecule has 2 aromatic rings. The third kappa shape index (κ3) is 14.3. The number of rotatable bonds is 19. The van der Waals surface area contributed by atoms with Crippen molar-refractivity contribution in [3.05, 3.63) is 52.3 Å². The highest BCUT2D eigenvalue weighted by Crippen LogP contribution is 2.43. The molecule has 77 heavy (non-hydrogen) atoms. The molecule has 21 nitrogen and oxygen atoms in total. The van der Waals surface area contributed by atoms with E-state index in [0.717, 1.165) is 0 Å². The predicted octanol–water partition coefficient (Wildman–Crippen LogP) is 4.39. The summed E-state index contributed by atoms with van der Waals surface area (Å²) in [5.41, 5.74) is -4.97. The van der Waals surface area contributed by atoms with Crippen LogP contribution >= 0.6 is 0 Å². The number of nitrogens with one attached hydrogen (secondary N) is 1. The lowest BCUT2D eigenvalue weighted by atomic mass is 9.74. The number of esters is 2. The minimum Gasteiger partial charge on any atom is -0.492 e. The summed E-state index contributed by atoms with van der Waals surface area (Å²) in [4.78, 5) is 68.9. The molecule has 3 saturated heterocycles. The van der Waals surface area contributed by atoms with Crippen LogP contribution in [0.3, 0.4) is 0 Å². The van der Waals surface area contributed by atoms with E-state index in [2.05, 4.69) is 11.9 Å². The molecular formula is C56H87N3O18. The summed E-state index contributed by atoms with van der Waals surface area (Å²) in [7, 11) is 6.65. The highest BCUT2D eigenvalue weighted by atomic mass is 16.7. The van der Waals surface area contributed by atoms with E-state index in [1.165, 1.54) is 40.3 Å². The Kier molecular flexibility index (Phi) is 22.0. The molecule has 5 rings (SSSR count). The number of carboxylic acid groups (broad SMARTS) is 1. The van der Waals surface area contributed by atoms with Gasteiger partial charge in [-0.15, -0.1) is 0 Å². The van der Waals surface area contributed by atoms with Gasteiger partial charge < -0.3 is 77.8 Å². The average molecular weight is 1090 g/mol. The molecule has 21 heteroatoms. The van der Waals surface area contributed by atoms with Crippen molar-refractivity contribution in [2.24, 2.45) is 17.8 Å². The van der Waals surface area contributed by atoms with E-state index in [1.807, 2.05) is 39.8 Å². The smallest absolute Gasteiger partial charge is 0.341 e. The second-order valence-electron chi connectivity index (χ2n) is 21.9. The van der Waals surface area contributed by atoms with Crippen molar-refractivity contribution in [3.8, 4) is 5.75 Å². The van der Waals surface area contributed by atoms with Crippen LogP contribution in [-0.4, -0.2) is 186 Å². The Morgan fingerprint density at radius 2 is 1.60 bits per heavy atom. The number of likely N-dealkylation sites (N-methyl/N-ethyl adjacent to an activating group) is 1. The monoisotopic (exact) mass is 1090 g/mol. The molecule has 3 fully saturated rings. The van der Waals surface area contributed by atoms with Crippen LogP contribution in [0, 0.1) is 17.8 Å². The maximum absolute atomic E-state index is 14.7. The fraction of sp³-hybridized carbons (Fsp3) is 0.732. The number of benzene rings is 1. The molecule has 1 aromatic heterocycles. The standard InChI is InChI=1S/C56H87N3O18/c1-16-36-47(33(7)52(67)74-41(17-2)56(11,68)48(64)32(6)44(61)30(4)27-54(9,69-14)50(36)77-53-46(63)40(58(12)13)25-31(5)72-53)76-43-28-55(10,70-15)49(34(8)73-43)75-42(60)21-22-57-23-24-71-35-19-20-39-37(26-35)45(62)38(51(65)66)29-59(39)18-3/h19-20,26,29,31-34,36,40-41,43,46-50,53,57,63-64,68H,4,16-18,21-25,27-28H2,1-3,5-15H3,(H,65,66)/t31-,32+,33?,34+,36?,40+,41+,43-,46+,47+,48-,49?,50+,53+,54?,55+,56?/m1/s1. The first-order valence-corrected chi connectivity index (χ1v) is 27.0. The highest BCUT2D eigenvalue weighted by molar-refractivity contribution is 5.97. The molecule has 0 radical (unpaired) electrons. The maximum Gasteiger partial charge on any atom is 0.341 e. The van der Waals surface area contributed by atoms with Gasteiger partial charge >= 0.3 is 17.9 Å². The zero-order chi connectivity index (χ0) is 57.5. The molecule has 0 bridgehead atoms. The number of cyclic esters (lactones) is 1. The molecule has 3 aliphatic heterocycles. The number of nitrogens with zero attached hydrogens (tertiary/aromatic N) is 2. The zero-order valence-corrected chi connectivity index (χ0v) is 47.6. The summed E-state index contributed by atoms with van der Waals surface area (Å²) in [6.07, 6.45) is -8.64. The van der Waals surface area contributed by atoms with Gasteiger partial charge in [0.25, 0.3) is 0 Å². The van der Waals surface area contributed by atoms with Crippen molar-refractivity contribution in [2.45, 2.75) is 199 Å². The average Bonchev–Trinajstić information content (AvgIpc) is 3.38. The first kappa shape index (κ1) is 63.4. The van der Waals surface area contributed by atoms with E-state index in [4.69, 9.17) is 42.6 Å². The van der Waals surface area contributed by atoms with Crippen molar-refractivity contribution in [1.29, 1.82) is 0 Å². The number of pyridine rings is 1. The highest BCUT2D eigenvalue weighted by Gasteiger charge is 2.55. The molecular weight excluding hydrogens is 1000 g/mol. The summed E-state index contributed by atoms with van der Waals surface area (Å²) in [6.45, 7) is 22.3.